The van der Waals surface area contributed by atoms with Crippen molar-refractivity contribution in [1.82, 2.24) is 9.38 Å². The summed E-state index contributed by atoms with van der Waals surface area (Å²) in [4.78, 5) is 6.62. The number of hydrogen-bond donors (Lipinski definition) is 0. The van der Waals surface area contributed by atoms with Gasteiger partial charge in [0.2, 0.25) is 0 Å². The molecule has 0 atom stereocenters. The number of nitrogens with zero attached hydrogens (tertiary/aromatic N) is 2. The van der Waals surface area contributed by atoms with Crippen LogP contribution in [-0.2, 0) is 6.42 Å². The largest absolute Gasteiger partial charge is 0.297 e. The Morgan fingerprint density at radius 2 is 2.46 bits per heavy atom. The summed E-state index contributed by atoms with van der Waals surface area (Å²) in [6.45, 7) is 2.23. The molecule has 0 aromatic carbocycles. The molecule has 0 aliphatic rings. The second-order valence-electron chi connectivity index (χ2n) is 3.21. The fourth-order valence-corrected chi connectivity index (χ4v) is 2.35. The van der Waals surface area contributed by atoms with Gasteiger partial charge in [-0.2, -0.15) is 0 Å². The van der Waals surface area contributed by atoms with Crippen LogP contribution < -0.4 is 0 Å². The van der Waals surface area contributed by atoms with E-state index in [-0.39, 0.29) is 0 Å². The Morgan fingerprint density at radius 1 is 1.54 bits per heavy atom. The number of aromatic nitrogens is 2. The number of aryl methyl sites for hydroxylation is 1. The highest BCUT2D eigenvalue weighted by Crippen LogP contribution is 2.18. The first-order valence-electron chi connectivity index (χ1n) is 4.73. The van der Waals surface area contributed by atoms with E-state index in [1.807, 2.05) is 10.6 Å². The lowest BCUT2D eigenvalue weighted by Crippen LogP contribution is -1.80. The zero-order chi connectivity index (χ0) is 9.10. The molecule has 3 heteroatoms. The van der Waals surface area contributed by atoms with E-state index in [2.05, 4.69) is 24.3 Å². The number of thiazole rings is 1. The topological polar surface area (TPSA) is 17.3 Å². The molecule has 0 saturated heterocycles. The van der Waals surface area contributed by atoms with E-state index >= 15 is 0 Å². The van der Waals surface area contributed by atoms with Gasteiger partial charge in [-0.3, -0.25) is 4.40 Å². The SMILES string of the molecule is CCCCCc1cn2c[c]nc2s1. The van der Waals surface area contributed by atoms with Crippen molar-refractivity contribution in [2.24, 2.45) is 0 Å². The van der Waals surface area contributed by atoms with Crippen molar-refractivity contribution in [2.75, 3.05) is 0 Å². The van der Waals surface area contributed by atoms with Gasteiger partial charge in [0.1, 0.15) is 6.20 Å². The highest BCUT2D eigenvalue weighted by atomic mass is 32.1. The minimum Gasteiger partial charge on any atom is -0.297 e. The Morgan fingerprint density at radius 3 is 3.23 bits per heavy atom. The third-order valence-corrected chi connectivity index (χ3v) is 3.17. The van der Waals surface area contributed by atoms with Crippen LogP contribution in [0.25, 0.3) is 4.96 Å². The number of hydrogen-bond acceptors (Lipinski definition) is 2. The van der Waals surface area contributed by atoms with Gasteiger partial charge in [-0.05, 0) is 12.8 Å². The molecule has 0 N–H and O–H groups in total. The first-order valence-corrected chi connectivity index (χ1v) is 5.55. The van der Waals surface area contributed by atoms with Gasteiger partial charge in [0.25, 0.3) is 0 Å². The Balaban J connectivity index is 2.03. The van der Waals surface area contributed by atoms with E-state index < -0.39 is 0 Å². The lowest BCUT2D eigenvalue weighted by molar-refractivity contribution is 0.721. The maximum Gasteiger partial charge on any atom is 0.194 e. The molecule has 2 aromatic rings. The predicted octanol–water partition coefficient (Wildman–Crippen LogP) is 2.93. The van der Waals surface area contributed by atoms with Gasteiger partial charge in [-0.1, -0.05) is 19.8 Å². The number of imidazole rings is 1. The molecule has 2 aromatic heterocycles. The molecule has 69 valence electrons. The van der Waals surface area contributed by atoms with Gasteiger partial charge < -0.3 is 0 Å². The molecule has 0 spiro atoms. The fraction of sp³-hybridized carbons (Fsp3) is 0.500. The van der Waals surface area contributed by atoms with E-state index in [1.54, 1.807) is 11.3 Å². The Bertz CT molecular complexity index is 346. The Hall–Kier alpha value is -0.830. The van der Waals surface area contributed by atoms with Crippen molar-refractivity contribution in [3.05, 3.63) is 23.5 Å². The summed E-state index contributed by atoms with van der Waals surface area (Å²) in [5, 5.41) is 0. The predicted molar refractivity (Wildman–Crippen MR) is 55.1 cm³/mol. The van der Waals surface area contributed by atoms with E-state index in [0.717, 1.165) is 4.96 Å². The molecule has 0 fully saturated rings. The summed E-state index contributed by atoms with van der Waals surface area (Å²) >= 11 is 1.77. The summed E-state index contributed by atoms with van der Waals surface area (Å²) in [6.07, 6.45) is 12.0. The quantitative estimate of drug-likeness (QED) is 0.682. The normalized spacial score (nSPS) is 11.2. The van der Waals surface area contributed by atoms with E-state index in [4.69, 9.17) is 0 Å². The molecule has 0 amide bonds. The maximum absolute atomic E-state index is 4.12. The van der Waals surface area contributed by atoms with Crippen LogP contribution in [0.3, 0.4) is 0 Å². The molecular formula is C10H13N2S. The second kappa shape index (κ2) is 3.92. The van der Waals surface area contributed by atoms with Crippen LogP contribution >= 0.6 is 11.3 Å². The van der Waals surface area contributed by atoms with Crippen LogP contribution in [0.15, 0.2) is 12.4 Å². The molecule has 0 aliphatic carbocycles. The van der Waals surface area contributed by atoms with Crippen molar-refractivity contribution < 1.29 is 0 Å². The van der Waals surface area contributed by atoms with E-state index in [1.165, 1.54) is 30.6 Å². The van der Waals surface area contributed by atoms with Gasteiger partial charge in [0.15, 0.2) is 4.96 Å². The van der Waals surface area contributed by atoms with Crippen molar-refractivity contribution in [1.29, 1.82) is 0 Å². The minimum absolute atomic E-state index is 1.06. The first kappa shape index (κ1) is 8.75. The van der Waals surface area contributed by atoms with Crippen LogP contribution in [0, 0.1) is 6.20 Å². The lowest BCUT2D eigenvalue weighted by Gasteiger charge is -1.93. The zero-order valence-electron chi connectivity index (χ0n) is 7.79. The van der Waals surface area contributed by atoms with Crippen LogP contribution in [0.1, 0.15) is 31.1 Å². The van der Waals surface area contributed by atoms with Gasteiger partial charge in [-0.15, -0.1) is 11.3 Å². The van der Waals surface area contributed by atoms with Gasteiger partial charge in [0, 0.05) is 17.3 Å². The second-order valence-corrected chi connectivity index (χ2v) is 4.31. The number of fused-ring (bicyclic) bond motifs is 1. The van der Waals surface area contributed by atoms with Crippen LogP contribution in [0.5, 0.6) is 0 Å². The molecule has 2 nitrogen and oxygen atoms in total. The lowest BCUT2D eigenvalue weighted by atomic mass is 10.2. The summed E-state index contributed by atoms with van der Waals surface area (Å²) in [5.74, 6) is 0. The van der Waals surface area contributed by atoms with Crippen LogP contribution in [-0.4, -0.2) is 9.38 Å². The van der Waals surface area contributed by atoms with Gasteiger partial charge in [-0.25, -0.2) is 4.98 Å². The molecule has 0 bridgehead atoms. The average Bonchev–Trinajstić information content (AvgIpc) is 2.64. The highest BCUT2D eigenvalue weighted by molar-refractivity contribution is 7.17. The van der Waals surface area contributed by atoms with Crippen molar-refractivity contribution in [3.63, 3.8) is 0 Å². The molecule has 2 rings (SSSR count). The summed E-state index contributed by atoms with van der Waals surface area (Å²) < 4.78 is 2.05. The molecule has 0 saturated carbocycles. The Labute approximate surface area is 82.2 Å². The van der Waals surface area contributed by atoms with Crippen molar-refractivity contribution >= 4 is 16.3 Å². The van der Waals surface area contributed by atoms with E-state index in [9.17, 15) is 0 Å². The van der Waals surface area contributed by atoms with Crippen molar-refractivity contribution in [3.8, 4) is 0 Å². The number of rotatable bonds is 4. The fourth-order valence-electron chi connectivity index (χ4n) is 1.39. The molecule has 1 radical (unpaired) electrons. The van der Waals surface area contributed by atoms with E-state index in [0.29, 0.717) is 0 Å². The summed E-state index contributed by atoms with van der Waals surface area (Å²) in [7, 11) is 0. The third-order valence-electron chi connectivity index (χ3n) is 2.11. The third kappa shape index (κ3) is 1.91. The van der Waals surface area contributed by atoms with Gasteiger partial charge >= 0.3 is 0 Å². The standard InChI is InChI=1S/C10H13N2S/c1-2-3-4-5-9-8-12-7-6-11-10(12)13-9/h7-8H,2-5H2,1H3. The summed E-state index contributed by atoms with van der Waals surface area (Å²) in [6, 6.07) is 0. The average molecular weight is 193 g/mol. The maximum atomic E-state index is 4.12. The summed E-state index contributed by atoms with van der Waals surface area (Å²) in [5.41, 5.74) is 0. The Kier molecular flexibility index (Phi) is 2.64. The molecule has 0 unspecified atom stereocenters. The first-order chi connectivity index (χ1) is 6.40. The number of unbranched alkanes of at least 4 members (excludes halogenated alkanes) is 2. The van der Waals surface area contributed by atoms with Crippen LogP contribution in [0.4, 0.5) is 0 Å². The minimum atomic E-state index is 1.06. The zero-order valence-corrected chi connectivity index (χ0v) is 8.60. The molecule has 13 heavy (non-hydrogen) atoms. The van der Waals surface area contributed by atoms with Crippen LogP contribution in [0.2, 0.25) is 0 Å². The van der Waals surface area contributed by atoms with Gasteiger partial charge in [0.05, 0.1) is 0 Å². The highest BCUT2D eigenvalue weighted by Gasteiger charge is 2.01. The molecule has 0 aliphatic heterocycles. The molecular weight excluding hydrogens is 180 g/mol. The smallest absolute Gasteiger partial charge is 0.194 e. The monoisotopic (exact) mass is 193 g/mol. The van der Waals surface area contributed by atoms with Crippen molar-refractivity contribution in [2.45, 2.75) is 32.6 Å². The molecule has 2 heterocycles.